The summed E-state index contributed by atoms with van der Waals surface area (Å²) < 4.78 is 43.4. The van der Waals surface area contributed by atoms with Crippen LogP contribution in [0.3, 0.4) is 0 Å². The molecule has 0 radical (unpaired) electrons. The molecule has 0 aromatic heterocycles. The van der Waals surface area contributed by atoms with Crippen LogP contribution < -0.4 is 18.9 Å². The predicted octanol–water partition coefficient (Wildman–Crippen LogP) is 13.5. The zero-order chi connectivity index (χ0) is 61.3. The van der Waals surface area contributed by atoms with Crippen molar-refractivity contribution in [2.75, 3.05) is 52.9 Å². The van der Waals surface area contributed by atoms with Gasteiger partial charge < -0.3 is 37.9 Å². The van der Waals surface area contributed by atoms with Gasteiger partial charge in [-0.05, 0) is 123 Å². The number of hydrogen-bond acceptors (Lipinski definition) is 24. The Morgan fingerprint density at radius 2 is 0.471 bits per heavy atom. The van der Waals surface area contributed by atoms with Crippen LogP contribution in [0.2, 0.25) is 0 Å². The molecule has 0 aliphatic heterocycles. The summed E-state index contributed by atoms with van der Waals surface area (Å²) >= 11 is 0. The second kappa shape index (κ2) is 40.3. The predicted molar refractivity (Wildman–Crippen MR) is 298 cm³/mol. The number of hydrogen-bond donors (Lipinski definition) is 0. The van der Waals surface area contributed by atoms with Crippen molar-refractivity contribution >= 4 is 48.5 Å². The van der Waals surface area contributed by atoms with Crippen molar-refractivity contribution in [3.8, 4) is 23.0 Å². The van der Waals surface area contributed by atoms with Crippen molar-refractivity contribution in [1.29, 1.82) is 0 Å². The molecule has 4 aromatic carbocycles. The fraction of sp³-hybridized carbons (Fsp3) is 0.475. The molecule has 0 heterocycles. The van der Waals surface area contributed by atoms with Gasteiger partial charge in [-0.3, -0.25) is 0 Å². The van der Waals surface area contributed by atoms with Gasteiger partial charge in [0.25, 0.3) is 0 Å². The lowest BCUT2D eigenvalue weighted by atomic mass is 9.92. The van der Waals surface area contributed by atoms with Gasteiger partial charge in [0.1, 0.15) is 54.8 Å². The van der Waals surface area contributed by atoms with E-state index in [1.807, 2.05) is 0 Å². The Labute approximate surface area is 493 Å². The first kappa shape index (κ1) is 68.5. The lowest BCUT2D eigenvalue weighted by Gasteiger charge is -2.30. The largest absolute Gasteiger partial charge is 0.549 e. The third kappa shape index (κ3) is 28.3. The minimum absolute atomic E-state index is 0.0640. The van der Waals surface area contributed by atoms with Gasteiger partial charge in [-0.15, -0.1) is 0 Å². The molecule has 24 heteroatoms. The zero-order valence-electron chi connectivity index (χ0n) is 48.5. The zero-order valence-corrected chi connectivity index (χ0v) is 48.5. The van der Waals surface area contributed by atoms with Crippen molar-refractivity contribution in [3.63, 3.8) is 0 Å². The SMILES string of the molecule is CCCCCCOc1ccc(C(=O)OOC(=O)OCC(COC(=O)OOC(=O)c2ccc(OCCCCCC)cc2)(COC(=O)OOC(=O)c2ccc(OCCCCCC)cc2)COC(=O)OOC(=O)c2ccc(OCCCCCC)cc2)cc1. The van der Waals surface area contributed by atoms with Gasteiger partial charge in [0.05, 0.1) is 48.7 Å². The molecule has 0 atom stereocenters. The summed E-state index contributed by atoms with van der Waals surface area (Å²) in [6, 6.07) is 22.8. The monoisotopic (exact) mass is 1190 g/mol. The van der Waals surface area contributed by atoms with Crippen LogP contribution in [0.25, 0.3) is 0 Å². The molecule has 0 fully saturated rings. The standard InChI is InChI=1S/C61H76O24/c1-5-9-13-17-37-70-49-29-21-45(22-30-49)53(62)78-82-57(66)74-41-61(42-75-58(67)83-79-54(63)46-23-31-50(32-24-46)71-38-18-14-10-6-2,43-76-59(68)84-80-55(64)47-25-33-51(34-26-47)72-39-19-15-11-7-3)44-77-60(69)85-81-56(65)48-27-35-52(36-28-48)73-40-20-16-12-8-4/h21-36H,5-20,37-44H2,1-4H3. The van der Waals surface area contributed by atoms with E-state index in [-0.39, 0.29) is 22.3 Å². The molecule has 85 heavy (non-hydrogen) atoms. The Morgan fingerprint density at radius 1 is 0.271 bits per heavy atom. The Morgan fingerprint density at radius 3 is 0.659 bits per heavy atom. The molecular weight excluding hydrogens is 1120 g/mol. The maximum atomic E-state index is 13.0. The molecule has 0 unspecified atom stereocenters. The normalized spacial score (nSPS) is 10.7. The van der Waals surface area contributed by atoms with Crippen LogP contribution in [0.4, 0.5) is 19.2 Å². The highest BCUT2D eigenvalue weighted by atomic mass is 17.3. The van der Waals surface area contributed by atoms with Crippen molar-refractivity contribution in [2.24, 2.45) is 5.41 Å². The summed E-state index contributed by atoms with van der Waals surface area (Å²) in [5.74, 6) is -2.70. The molecule has 0 spiro atoms. The van der Waals surface area contributed by atoms with Crippen LogP contribution in [0, 0.1) is 5.41 Å². The summed E-state index contributed by atoms with van der Waals surface area (Å²) in [5, 5.41) is 0. The summed E-state index contributed by atoms with van der Waals surface area (Å²) in [7, 11) is 0. The maximum Gasteiger partial charge on any atom is 0.549 e. The van der Waals surface area contributed by atoms with Gasteiger partial charge in [-0.25, -0.2) is 58.3 Å². The fourth-order valence-corrected chi connectivity index (χ4v) is 7.30. The third-order valence-corrected chi connectivity index (χ3v) is 12.2. The van der Waals surface area contributed by atoms with Gasteiger partial charge in [-0.2, -0.15) is 19.2 Å². The number of rotatable bonds is 36. The smallest absolute Gasteiger partial charge is 0.494 e. The van der Waals surface area contributed by atoms with E-state index >= 15 is 0 Å². The van der Waals surface area contributed by atoms with Crippen LogP contribution in [0.5, 0.6) is 23.0 Å². The van der Waals surface area contributed by atoms with Crippen LogP contribution in [-0.4, -0.2) is 101 Å². The van der Waals surface area contributed by atoms with Gasteiger partial charge in [0.2, 0.25) is 0 Å². The summed E-state index contributed by atoms with van der Waals surface area (Å²) in [6.07, 6.45) is 8.90. The van der Waals surface area contributed by atoms with Crippen molar-refractivity contribution in [1.82, 2.24) is 0 Å². The number of carbonyl (C=O) groups excluding carboxylic acids is 8. The van der Waals surface area contributed by atoms with E-state index in [0.717, 1.165) is 103 Å². The van der Waals surface area contributed by atoms with Crippen LogP contribution in [-0.2, 0) is 58.0 Å². The highest BCUT2D eigenvalue weighted by molar-refractivity contribution is 5.91. The van der Waals surface area contributed by atoms with E-state index in [1.54, 1.807) is 0 Å². The Kier molecular flexibility index (Phi) is 32.5. The number of unbranched alkanes of at least 4 members (excludes halogenated alkanes) is 12. The lowest BCUT2D eigenvalue weighted by Crippen LogP contribution is -2.44. The average Bonchev–Trinajstić information content (AvgIpc) is 3.54. The highest BCUT2D eigenvalue weighted by Gasteiger charge is 2.40. The minimum Gasteiger partial charge on any atom is -0.494 e. The van der Waals surface area contributed by atoms with Crippen molar-refractivity contribution in [2.45, 2.75) is 130 Å². The molecule has 24 nitrogen and oxygen atoms in total. The highest BCUT2D eigenvalue weighted by Crippen LogP contribution is 2.24. The van der Waals surface area contributed by atoms with Gasteiger partial charge >= 0.3 is 48.5 Å². The van der Waals surface area contributed by atoms with E-state index in [4.69, 9.17) is 37.9 Å². The van der Waals surface area contributed by atoms with Crippen molar-refractivity contribution < 1.29 is 115 Å². The first-order valence-electron chi connectivity index (χ1n) is 28.4. The van der Waals surface area contributed by atoms with Gasteiger partial charge in [-0.1, -0.05) is 105 Å². The molecule has 0 saturated heterocycles. The molecule has 0 N–H and O–H groups in total. The quantitative estimate of drug-likeness (QED) is 0.0134. The first-order valence-corrected chi connectivity index (χ1v) is 28.4. The van der Waals surface area contributed by atoms with Crippen LogP contribution in [0.1, 0.15) is 172 Å². The Hall–Kier alpha value is -8.96. The second-order valence-electron chi connectivity index (χ2n) is 19.2. The molecule has 0 aliphatic rings. The molecule has 0 saturated carbocycles. The molecule has 0 aliphatic carbocycles. The first-order chi connectivity index (χ1) is 41.3. The molecule has 0 bridgehead atoms. The Balaban J connectivity index is 1.48. The van der Waals surface area contributed by atoms with Gasteiger partial charge in [0, 0.05) is 0 Å². The number of benzene rings is 4. The van der Waals surface area contributed by atoms with Crippen LogP contribution in [0.15, 0.2) is 97.1 Å². The number of ether oxygens (including phenoxy) is 8. The minimum atomic E-state index is -2.30. The van der Waals surface area contributed by atoms with Gasteiger partial charge in [0.15, 0.2) is 0 Å². The van der Waals surface area contributed by atoms with E-state index in [2.05, 4.69) is 66.8 Å². The molecular formula is C61H76O24. The third-order valence-electron chi connectivity index (χ3n) is 12.2. The second-order valence-corrected chi connectivity index (χ2v) is 19.2. The van der Waals surface area contributed by atoms with E-state index in [9.17, 15) is 38.4 Å². The fourth-order valence-electron chi connectivity index (χ4n) is 7.30. The summed E-state index contributed by atoms with van der Waals surface area (Å²) in [4.78, 5) is 140. The molecule has 0 amide bonds. The Bertz CT molecular complexity index is 2260. The van der Waals surface area contributed by atoms with E-state index in [1.165, 1.54) is 97.1 Å². The topological polar surface area (TPSA) is 284 Å². The lowest BCUT2D eigenvalue weighted by molar-refractivity contribution is -0.223. The summed E-state index contributed by atoms with van der Waals surface area (Å²) in [5.41, 5.74) is -2.55. The maximum absolute atomic E-state index is 13.0. The average molecular weight is 1190 g/mol. The van der Waals surface area contributed by atoms with E-state index < -0.39 is 80.3 Å². The number of carbonyl (C=O) groups is 8. The molecule has 464 valence electrons. The molecule has 4 aromatic rings. The molecule has 4 rings (SSSR count). The van der Waals surface area contributed by atoms with Crippen molar-refractivity contribution in [3.05, 3.63) is 119 Å². The summed E-state index contributed by atoms with van der Waals surface area (Å²) in [6.45, 7) is 5.66. The van der Waals surface area contributed by atoms with E-state index in [0.29, 0.717) is 49.4 Å². The van der Waals surface area contributed by atoms with Crippen LogP contribution >= 0.6 is 0 Å².